The summed E-state index contributed by atoms with van der Waals surface area (Å²) >= 11 is 0. The maximum absolute atomic E-state index is 6.57. The largest absolute Gasteiger partial charge is 0.398 e. The van der Waals surface area contributed by atoms with Crippen LogP contribution in [0.3, 0.4) is 0 Å². The van der Waals surface area contributed by atoms with Crippen LogP contribution in [-0.4, -0.2) is 0 Å². The first kappa shape index (κ1) is 23.3. The zero-order valence-corrected chi connectivity index (χ0v) is 20.1. The predicted molar refractivity (Wildman–Crippen MR) is 130 cm³/mol. The first-order valence-corrected chi connectivity index (χ1v) is 11.4. The minimum absolute atomic E-state index is 0.348. The summed E-state index contributed by atoms with van der Waals surface area (Å²) in [4.78, 5) is 0. The molecule has 2 rings (SSSR count). The highest BCUT2D eigenvalue weighted by Crippen LogP contribution is 2.40. The summed E-state index contributed by atoms with van der Waals surface area (Å²) in [6.45, 7) is 20.2. The molecule has 0 unspecified atom stereocenters. The van der Waals surface area contributed by atoms with E-state index in [4.69, 9.17) is 11.5 Å². The first-order valence-electron chi connectivity index (χ1n) is 11.4. The second-order valence-electron chi connectivity index (χ2n) is 9.81. The summed E-state index contributed by atoms with van der Waals surface area (Å²) < 4.78 is 0. The molecule has 0 aliphatic heterocycles. The van der Waals surface area contributed by atoms with Crippen molar-refractivity contribution < 1.29 is 0 Å². The highest BCUT2D eigenvalue weighted by molar-refractivity contribution is 5.62. The van der Waals surface area contributed by atoms with E-state index in [1.807, 2.05) is 0 Å². The Balaban J connectivity index is 2.74. The van der Waals surface area contributed by atoms with Crippen molar-refractivity contribution in [3.8, 4) is 0 Å². The predicted octanol–water partition coefficient (Wildman–Crippen LogP) is 7.89. The molecule has 0 saturated carbocycles. The fraction of sp³-hybridized carbons (Fsp3) is 0.556. The third-order valence-electron chi connectivity index (χ3n) is 6.23. The summed E-state index contributed by atoms with van der Waals surface area (Å²) in [6, 6.07) is 9.39. The normalized spacial score (nSPS) is 12.2. The minimum atomic E-state index is 0.348. The van der Waals surface area contributed by atoms with Crippen LogP contribution >= 0.6 is 0 Å². The lowest BCUT2D eigenvalue weighted by atomic mass is 9.80. The third kappa shape index (κ3) is 4.79. The van der Waals surface area contributed by atoms with Crippen LogP contribution in [0.4, 0.5) is 11.4 Å². The average Bonchev–Trinajstić information content (AvgIpc) is 2.63. The van der Waals surface area contributed by atoms with Gasteiger partial charge in [0.15, 0.2) is 0 Å². The maximum atomic E-state index is 6.57. The molecule has 0 fully saturated rings. The molecule has 0 bridgehead atoms. The molecule has 4 N–H and O–H groups in total. The van der Waals surface area contributed by atoms with Crippen molar-refractivity contribution in [3.05, 3.63) is 57.6 Å². The monoisotopic (exact) mass is 394 g/mol. The Labute approximate surface area is 179 Å². The lowest BCUT2D eigenvalue weighted by Crippen LogP contribution is -2.10. The lowest BCUT2D eigenvalue weighted by molar-refractivity contribution is 0.750. The van der Waals surface area contributed by atoms with Crippen molar-refractivity contribution in [3.63, 3.8) is 0 Å². The van der Waals surface area contributed by atoms with Gasteiger partial charge in [-0.2, -0.15) is 0 Å². The molecule has 2 aromatic rings. The second kappa shape index (κ2) is 9.24. The van der Waals surface area contributed by atoms with Gasteiger partial charge in [0.1, 0.15) is 0 Å². The molecular formula is C27H42N2. The van der Waals surface area contributed by atoms with Crippen molar-refractivity contribution in [2.75, 3.05) is 11.5 Å². The molecule has 0 spiro atoms. The molecule has 29 heavy (non-hydrogen) atoms. The van der Waals surface area contributed by atoms with E-state index in [0.29, 0.717) is 29.6 Å². The fourth-order valence-electron chi connectivity index (χ4n) is 4.42. The van der Waals surface area contributed by atoms with E-state index in [2.05, 4.69) is 86.6 Å². The van der Waals surface area contributed by atoms with Crippen LogP contribution in [-0.2, 0) is 0 Å². The van der Waals surface area contributed by atoms with E-state index in [-0.39, 0.29) is 0 Å². The van der Waals surface area contributed by atoms with Crippen LogP contribution < -0.4 is 11.5 Å². The first-order chi connectivity index (χ1) is 13.5. The molecule has 2 nitrogen and oxygen atoms in total. The van der Waals surface area contributed by atoms with E-state index in [0.717, 1.165) is 17.8 Å². The maximum Gasteiger partial charge on any atom is 0.0384 e. The molecule has 0 heterocycles. The van der Waals surface area contributed by atoms with Gasteiger partial charge in [0, 0.05) is 17.3 Å². The van der Waals surface area contributed by atoms with Crippen molar-refractivity contribution >= 4 is 11.4 Å². The SMILES string of the molecule is CCC(c1cc(C(C)C)c(N)c(C(C)C)c1)c1cc(C(C)C)c(N)c(C(C)C)c1. The molecule has 0 aliphatic rings. The molecule has 2 aromatic carbocycles. The smallest absolute Gasteiger partial charge is 0.0384 e. The third-order valence-corrected chi connectivity index (χ3v) is 6.23. The van der Waals surface area contributed by atoms with Crippen LogP contribution in [0.2, 0.25) is 0 Å². The van der Waals surface area contributed by atoms with Gasteiger partial charge in [0.25, 0.3) is 0 Å². The van der Waals surface area contributed by atoms with Gasteiger partial charge in [-0.15, -0.1) is 0 Å². The molecule has 0 amide bonds. The summed E-state index contributed by atoms with van der Waals surface area (Å²) in [5.41, 5.74) is 22.9. The Bertz CT molecular complexity index is 716. The molecule has 0 atom stereocenters. The van der Waals surface area contributed by atoms with E-state index in [9.17, 15) is 0 Å². The van der Waals surface area contributed by atoms with Crippen molar-refractivity contribution in [2.45, 2.75) is 98.3 Å². The molecule has 0 aromatic heterocycles. The van der Waals surface area contributed by atoms with Gasteiger partial charge in [-0.05, 0) is 63.5 Å². The molecule has 0 aliphatic carbocycles. The topological polar surface area (TPSA) is 52.0 Å². The number of nitrogen functional groups attached to an aromatic ring is 2. The Hall–Kier alpha value is -1.96. The van der Waals surface area contributed by atoms with Crippen LogP contribution in [0.1, 0.15) is 132 Å². The lowest BCUT2D eigenvalue weighted by Gasteiger charge is -2.26. The number of anilines is 2. The van der Waals surface area contributed by atoms with Gasteiger partial charge >= 0.3 is 0 Å². The Morgan fingerprint density at radius 1 is 0.552 bits per heavy atom. The van der Waals surface area contributed by atoms with Gasteiger partial charge in [0.2, 0.25) is 0 Å². The standard InChI is InChI=1S/C27H42N2/c1-10-21(19-11-22(15(2)3)26(28)23(12-19)16(4)5)20-13-24(17(6)7)27(29)25(14-20)18(8)9/h11-18,21H,10,28-29H2,1-9H3. The average molecular weight is 395 g/mol. The van der Waals surface area contributed by atoms with E-state index in [1.54, 1.807) is 0 Å². The zero-order valence-electron chi connectivity index (χ0n) is 20.1. The summed E-state index contributed by atoms with van der Waals surface area (Å²) in [5.74, 6) is 1.99. The Kier molecular flexibility index (Phi) is 7.43. The molecule has 0 radical (unpaired) electrons. The minimum Gasteiger partial charge on any atom is -0.398 e. The highest BCUT2D eigenvalue weighted by Gasteiger charge is 2.22. The number of hydrogen-bond acceptors (Lipinski definition) is 2. The Morgan fingerprint density at radius 2 is 0.793 bits per heavy atom. The molecule has 2 heteroatoms. The zero-order chi connectivity index (χ0) is 22.0. The van der Waals surface area contributed by atoms with Crippen LogP contribution in [0, 0.1) is 0 Å². The second-order valence-corrected chi connectivity index (χ2v) is 9.81. The molecule has 0 saturated heterocycles. The number of nitrogens with two attached hydrogens (primary N) is 2. The van der Waals surface area contributed by atoms with E-state index in [1.165, 1.54) is 33.4 Å². The number of benzene rings is 2. The number of rotatable bonds is 7. The summed E-state index contributed by atoms with van der Waals surface area (Å²) in [5, 5.41) is 0. The van der Waals surface area contributed by atoms with Crippen LogP contribution in [0.15, 0.2) is 24.3 Å². The van der Waals surface area contributed by atoms with Crippen molar-refractivity contribution in [1.29, 1.82) is 0 Å². The summed E-state index contributed by atoms with van der Waals surface area (Å²) in [7, 11) is 0. The Morgan fingerprint density at radius 3 is 0.966 bits per heavy atom. The number of hydrogen-bond donors (Lipinski definition) is 2. The van der Waals surface area contributed by atoms with E-state index >= 15 is 0 Å². The summed E-state index contributed by atoms with van der Waals surface area (Å²) in [6.07, 6.45) is 1.05. The van der Waals surface area contributed by atoms with E-state index < -0.39 is 0 Å². The van der Waals surface area contributed by atoms with Crippen LogP contribution in [0.5, 0.6) is 0 Å². The van der Waals surface area contributed by atoms with Gasteiger partial charge in [0.05, 0.1) is 0 Å². The van der Waals surface area contributed by atoms with Gasteiger partial charge in [-0.1, -0.05) is 86.6 Å². The van der Waals surface area contributed by atoms with Crippen LogP contribution in [0.25, 0.3) is 0 Å². The van der Waals surface area contributed by atoms with Crippen molar-refractivity contribution in [1.82, 2.24) is 0 Å². The fourth-order valence-corrected chi connectivity index (χ4v) is 4.42. The molecule has 160 valence electrons. The van der Waals surface area contributed by atoms with Crippen molar-refractivity contribution in [2.24, 2.45) is 0 Å². The van der Waals surface area contributed by atoms with Gasteiger partial charge < -0.3 is 11.5 Å². The molecular weight excluding hydrogens is 352 g/mol. The van der Waals surface area contributed by atoms with Gasteiger partial charge in [-0.3, -0.25) is 0 Å². The quantitative estimate of drug-likeness (QED) is 0.469. The highest BCUT2D eigenvalue weighted by atomic mass is 14.6. The van der Waals surface area contributed by atoms with Gasteiger partial charge in [-0.25, -0.2) is 0 Å².